The Hall–Kier alpha value is -2.83. The molecule has 1 fully saturated rings. The Morgan fingerprint density at radius 2 is 2.00 bits per heavy atom. The lowest BCUT2D eigenvalue weighted by Gasteiger charge is -2.33. The maximum Gasteiger partial charge on any atom is 0.260 e. The van der Waals surface area contributed by atoms with Gasteiger partial charge in [-0.05, 0) is 23.8 Å². The van der Waals surface area contributed by atoms with Crippen molar-refractivity contribution in [2.24, 2.45) is 0 Å². The summed E-state index contributed by atoms with van der Waals surface area (Å²) in [6.07, 6.45) is 1.93. The number of hydrogen-bond donors (Lipinski definition) is 0. The van der Waals surface area contributed by atoms with Crippen LogP contribution in [0.15, 0.2) is 60.8 Å². The summed E-state index contributed by atoms with van der Waals surface area (Å²) >= 11 is 0. The highest BCUT2D eigenvalue weighted by atomic mass is 16.5. The van der Waals surface area contributed by atoms with Crippen molar-refractivity contribution in [1.82, 2.24) is 9.47 Å². The molecule has 4 rings (SSSR count). The number of carbonyl (C=O) groups is 1. The molecule has 1 aliphatic rings. The number of carbonyl (C=O) groups excluding carboxylic acids is 1. The first-order chi connectivity index (χ1) is 14.3. The molecule has 1 atom stereocenters. The van der Waals surface area contributed by atoms with Gasteiger partial charge in [-0.25, -0.2) is 0 Å². The van der Waals surface area contributed by atoms with Crippen molar-refractivity contribution in [2.45, 2.75) is 12.6 Å². The Bertz CT molecular complexity index is 954. The van der Waals surface area contributed by atoms with Gasteiger partial charge in [-0.1, -0.05) is 36.4 Å². The largest absolute Gasteiger partial charge is 0.483 e. The Balaban J connectivity index is 1.40. The SMILES string of the molecule is COCCn1ccc2c(OCC(=O)N3CCOC(c4ccccc4)C3)cccc21. The minimum atomic E-state index is -0.0906. The van der Waals surface area contributed by atoms with Crippen LogP contribution in [-0.2, 0) is 20.8 Å². The second kappa shape index (κ2) is 9.11. The van der Waals surface area contributed by atoms with Gasteiger partial charge in [-0.2, -0.15) is 0 Å². The summed E-state index contributed by atoms with van der Waals surface area (Å²) in [4.78, 5) is 14.6. The van der Waals surface area contributed by atoms with Crippen molar-refractivity contribution < 1.29 is 19.0 Å². The molecule has 29 heavy (non-hydrogen) atoms. The number of morpholine rings is 1. The number of fused-ring (bicyclic) bond motifs is 1. The highest BCUT2D eigenvalue weighted by Crippen LogP contribution is 2.27. The predicted molar refractivity (Wildman–Crippen MR) is 111 cm³/mol. The predicted octanol–water partition coefficient (Wildman–Crippen LogP) is 3.27. The summed E-state index contributed by atoms with van der Waals surface area (Å²) in [6, 6.07) is 17.9. The lowest BCUT2D eigenvalue weighted by atomic mass is 10.1. The highest BCUT2D eigenvalue weighted by Gasteiger charge is 2.25. The lowest BCUT2D eigenvalue weighted by molar-refractivity contribution is -0.141. The maximum absolute atomic E-state index is 12.8. The third-order valence-corrected chi connectivity index (χ3v) is 5.25. The number of amides is 1. The van der Waals surface area contributed by atoms with Crippen LogP contribution in [0.1, 0.15) is 11.7 Å². The summed E-state index contributed by atoms with van der Waals surface area (Å²) < 4.78 is 19.1. The second-order valence-corrected chi connectivity index (χ2v) is 7.09. The minimum absolute atomic E-state index is 0.0177. The van der Waals surface area contributed by atoms with E-state index < -0.39 is 0 Å². The van der Waals surface area contributed by atoms with E-state index in [2.05, 4.69) is 4.57 Å². The van der Waals surface area contributed by atoms with Crippen LogP contribution in [0.4, 0.5) is 0 Å². The third-order valence-electron chi connectivity index (χ3n) is 5.25. The molecular weight excluding hydrogens is 368 g/mol. The van der Waals surface area contributed by atoms with Crippen molar-refractivity contribution in [3.05, 3.63) is 66.4 Å². The Morgan fingerprint density at radius 1 is 1.14 bits per heavy atom. The number of ether oxygens (including phenoxy) is 3. The fourth-order valence-electron chi connectivity index (χ4n) is 3.68. The van der Waals surface area contributed by atoms with Crippen molar-refractivity contribution >= 4 is 16.8 Å². The monoisotopic (exact) mass is 394 g/mol. The molecule has 3 aromatic rings. The van der Waals surface area contributed by atoms with Crippen molar-refractivity contribution in [1.29, 1.82) is 0 Å². The smallest absolute Gasteiger partial charge is 0.260 e. The molecule has 0 saturated carbocycles. The van der Waals surface area contributed by atoms with Crippen molar-refractivity contribution in [3.63, 3.8) is 0 Å². The molecule has 1 aromatic heterocycles. The van der Waals surface area contributed by atoms with Gasteiger partial charge in [0.1, 0.15) is 11.9 Å². The topological polar surface area (TPSA) is 52.9 Å². The molecule has 0 radical (unpaired) electrons. The van der Waals surface area contributed by atoms with E-state index >= 15 is 0 Å². The Kier molecular flexibility index (Phi) is 6.12. The normalized spacial score (nSPS) is 16.9. The average molecular weight is 394 g/mol. The van der Waals surface area contributed by atoms with E-state index in [1.54, 1.807) is 7.11 Å². The molecule has 2 heterocycles. The van der Waals surface area contributed by atoms with Gasteiger partial charge in [0.05, 0.1) is 25.3 Å². The van der Waals surface area contributed by atoms with Crippen LogP contribution in [0, 0.1) is 0 Å². The average Bonchev–Trinajstić information content (AvgIpc) is 3.20. The zero-order chi connectivity index (χ0) is 20.1. The molecule has 0 bridgehead atoms. The quantitative estimate of drug-likeness (QED) is 0.617. The van der Waals surface area contributed by atoms with E-state index in [4.69, 9.17) is 14.2 Å². The van der Waals surface area contributed by atoms with Crippen LogP contribution in [0.2, 0.25) is 0 Å². The number of nitrogens with zero attached hydrogens (tertiary/aromatic N) is 2. The summed E-state index contributed by atoms with van der Waals surface area (Å²) in [5.74, 6) is 0.699. The van der Waals surface area contributed by atoms with Crippen LogP contribution in [-0.4, -0.2) is 55.4 Å². The second-order valence-electron chi connectivity index (χ2n) is 7.09. The molecule has 1 aliphatic heterocycles. The minimum Gasteiger partial charge on any atom is -0.483 e. The molecule has 0 spiro atoms. The molecule has 0 N–H and O–H groups in total. The van der Waals surface area contributed by atoms with E-state index in [-0.39, 0.29) is 18.6 Å². The molecular formula is C23H26N2O4. The van der Waals surface area contributed by atoms with E-state index in [9.17, 15) is 4.79 Å². The fraction of sp³-hybridized carbons (Fsp3) is 0.348. The number of methoxy groups -OCH3 is 1. The zero-order valence-electron chi connectivity index (χ0n) is 16.6. The standard InChI is InChI=1S/C23H26N2O4/c1-27-14-12-24-11-10-19-20(24)8-5-9-21(19)29-17-23(26)25-13-15-28-22(16-25)18-6-3-2-4-7-18/h2-11,22H,12-17H2,1H3. The van der Waals surface area contributed by atoms with Gasteiger partial charge in [0, 0.05) is 31.8 Å². The van der Waals surface area contributed by atoms with Gasteiger partial charge >= 0.3 is 0 Å². The van der Waals surface area contributed by atoms with Gasteiger partial charge in [-0.3, -0.25) is 4.79 Å². The van der Waals surface area contributed by atoms with Crippen LogP contribution < -0.4 is 4.74 Å². The molecule has 6 heteroatoms. The fourth-order valence-corrected chi connectivity index (χ4v) is 3.68. The number of hydrogen-bond acceptors (Lipinski definition) is 4. The van der Waals surface area contributed by atoms with E-state index in [1.165, 1.54) is 0 Å². The maximum atomic E-state index is 12.8. The van der Waals surface area contributed by atoms with E-state index in [1.807, 2.05) is 65.7 Å². The number of benzene rings is 2. The van der Waals surface area contributed by atoms with E-state index in [0.717, 1.165) is 28.8 Å². The molecule has 1 unspecified atom stereocenters. The van der Waals surface area contributed by atoms with Crippen molar-refractivity contribution in [3.8, 4) is 5.75 Å². The first kappa shape index (κ1) is 19.5. The zero-order valence-corrected chi connectivity index (χ0v) is 16.6. The summed E-state index contributed by atoms with van der Waals surface area (Å²) in [6.45, 7) is 3.10. The van der Waals surface area contributed by atoms with E-state index in [0.29, 0.717) is 26.3 Å². The van der Waals surface area contributed by atoms with Gasteiger partial charge in [0.2, 0.25) is 0 Å². The van der Waals surface area contributed by atoms with Gasteiger partial charge < -0.3 is 23.7 Å². The van der Waals surface area contributed by atoms with Gasteiger partial charge in [0.25, 0.3) is 5.91 Å². The molecule has 1 amide bonds. The first-order valence-corrected chi connectivity index (χ1v) is 9.90. The summed E-state index contributed by atoms with van der Waals surface area (Å²) in [7, 11) is 1.69. The molecule has 6 nitrogen and oxygen atoms in total. The molecule has 2 aromatic carbocycles. The van der Waals surface area contributed by atoms with Crippen molar-refractivity contribution in [2.75, 3.05) is 40.0 Å². The van der Waals surface area contributed by atoms with Crippen LogP contribution in [0.3, 0.4) is 0 Å². The lowest BCUT2D eigenvalue weighted by Crippen LogP contribution is -2.44. The highest BCUT2D eigenvalue weighted by molar-refractivity contribution is 5.87. The third kappa shape index (κ3) is 4.44. The van der Waals surface area contributed by atoms with Crippen LogP contribution in [0.5, 0.6) is 5.75 Å². The Morgan fingerprint density at radius 3 is 2.83 bits per heavy atom. The Labute approximate surface area is 170 Å². The van der Waals surface area contributed by atoms with Crippen LogP contribution >= 0.6 is 0 Å². The first-order valence-electron chi connectivity index (χ1n) is 9.90. The van der Waals surface area contributed by atoms with Gasteiger partial charge in [0.15, 0.2) is 6.61 Å². The molecule has 1 saturated heterocycles. The molecule has 0 aliphatic carbocycles. The number of rotatable bonds is 7. The number of aromatic nitrogens is 1. The van der Waals surface area contributed by atoms with Gasteiger partial charge in [-0.15, -0.1) is 0 Å². The molecule has 152 valence electrons. The van der Waals surface area contributed by atoms with Crippen LogP contribution in [0.25, 0.3) is 10.9 Å². The summed E-state index contributed by atoms with van der Waals surface area (Å²) in [5.41, 5.74) is 2.16. The summed E-state index contributed by atoms with van der Waals surface area (Å²) in [5, 5.41) is 1.00.